The Morgan fingerprint density at radius 2 is 1.52 bits per heavy atom. The summed E-state index contributed by atoms with van der Waals surface area (Å²) in [5.41, 5.74) is 4.06. The van der Waals surface area contributed by atoms with E-state index < -0.39 is 7.12 Å². The van der Waals surface area contributed by atoms with Gasteiger partial charge in [-0.05, 0) is 63.7 Å². The van der Waals surface area contributed by atoms with Crippen LogP contribution < -0.4 is 5.46 Å². The summed E-state index contributed by atoms with van der Waals surface area (Å²) in [6, 6.07) is 4.13. The van der Waals surface area contributed by atoms with Crippen molar-refractivity contribution in [3.05, 3.63) is 34.6 Å². The molecule has 1 aromatic carbocycles. The molecule has 0 aromatic heterocycles. The molecule has 0 unspecified atom stereocenters. The molecule has 2 aliphatic rings. The maximum absolute atomic E-state index is 12.4. The van der Waals surface area contributed by atoms with Gasteiger partial charge in [0.1, 0.15) is 5.76 Å². The van der Waals surface area contributed by atoms with Crippen LogP contribution in [0.3, 0.4) is 0 Å². The van der Waals surface area contributed by atoms with Gasteiger partial charge in [-0.1, -0.05) is 12.1 Å². The zero-order valence-corrected chi connectivity index (χ0v) is 16.3. The Balaban J connectivity index is 2.02. The largest absolute Gasteiger partial charge is 0.500 e. The number of carbonyl (C=O) groups excluding carboxylic acids is 1. The second-order valence-corrected chi connectivity index (χ2v) is 8.04. The first-order chi connectivity index (χ1) is 11.6. The lowest BCUT2D eigenvalue weighted by Crippen LogP contribution is -2.41. The molecule has 3 rings (SSSR count). The maximum atomic E-state index is 12.4. The normalized spacial score (nSPS) is 22.0. The minimum Gasteiger partial charge on any atom is -0.500 e. The number of rotatable bonds is 3. The molecule has 0 atom stereocenters. The fourth-order valence-corrected chi connectivity index (χ4v) is 3.62. The van der Waals surface area contributed by atoms with E-state index in [9.17, 15) is 4.79 Å². The third-order valence-electron chi connectivity index (χ3n) is 5.71. The van der Waals surface area contributed by atoms with Gasteiger partial charge in [-0.25, -0.2) is 0 Å². The minimum absolute atomic E-state index is 0.159. The first-order valence-electron chi connectivity index (χ1n) is 8.85. The number of ketones is 1. The van der Waals surface area contributed by atoms with E-state index in [1.54, 1.807) is 7.11 Å². The summed E-state index contributed by atoms with van der Waals surface area (Å²) in [7, 11) is 1.24. The molecular weight excluding hydrogens is 315 g/mol. The molecule has 4 nitrogen and oxygen atoms in total. The second-order valence-electron chi connectivity index (χ2n) is 8.04. The Morgan fingerprint density at radius 3 is 2.00 bits per heavy atom. The Labute approximate surface area is 150 Å². The molecule has 1 heterocycles. The number of aryl methyl sites for hydroxylation is 2. The van der Waals surface area contributed by atoms with E-state index in [1.807, 2.05) is 41.5 Å². The van der Waals surface area contributed by atoms with Crippen LogP contribution in [0.15, 0.2) is 17.9 Å². The Kier molecular flexibility index (Phi) is 4.37. The molecule has 1 saturated heterocycles. The van der Waals surface area contributed by atoms with E-state index in [-0.39, 0.29) is 17.0 Å². The van der Waals surface area contributed by atoms with Gasteiger partial charge in [0, 0.05) is 12.8 Å². The average Bonchev–Trinajstić information content (AvgIpc) is 2.96. The summed E-state index contributed by atoms with van der Waals surface area (Å²) in [5.74, 6) is 0.950. The summed E-state index contributed by atoms with van der Waals surface area (Å²) >= 11 is 0. The lowest BCUT2D eigenvalue weighted by Gasteiger charge is -2.32. The molecule has 25 heavy (non-hydrogen) atoms. The van der Waals surface area contributed by atoms with Crippen LogP contribution in [-0.4, -0.2) is 31.2 Å². The van der Waals surface area contributed by atoms with Gasteiger partial charge in [0.2, 0.25) is 0 Å². The number of methoxy groups -OCH3 is 1. The highest BCUT2D eigenvalue weighted by Gasteiger charge is 2.51. The fraction of sp³-hybridized carbons (Fsp3) is 0.550. The van der Waals surface area contributed by atoms with Gasteiger partial charge in [-0.15, -0.1) is 0 Å². The van der Waals surface area contributed by atoms with Crippen molar-refractivity contribution in [2.45, 2.75) is 65.6 Å². The standard InChI is InChI=1S/C20H27BO4/c1-12-10-14(21-24-19(3,4)20(5,6)25-21)11-13(2)17(12)18-15(22)8-9-16(18)23-7/h10-11H,8-9H2,1-7H3. The molecule has 1 aliphatic heterocycles. The molecule has 1 aliphatic carbocycles. The van der Waals surface area contributed by atoms with Crippen LogP contribution >= 0.6 is 0 Å². The number of ether oxygens (including phenoxy) is 1. The number of hydrogen-bond acceptors (Lipinski definition) is 4. The van der Waals surface area contributed by atoms with Gasteiger partial charge < -0.3 is 14.0 Å². The predicted octanol–water partition coefficient (Wildman–Crippen LogP) is 3.32. The highest BCUT2D eigenvalue weighted by molar-refractivity contribution is 6.62. The Hall–Kier alpha value is -1.59. The lowest BCUT2D eigenvalue weighted by atomic mass is 9.76. The van der Waals surface area contributed by atoms with Gasteiger partial charge in [0.15, 0.2) is 5.78 Å². The SMILES string of the molecule is COC1=C(c2c(C)cc(B3OC(C)(C)C(C)(C)O3)cc2C)C(=O)CC1. The summed E-state index contributed by atoms with van der Waals surface area (Å²) in [5, 5.41) is 0. The van der Waals surface area contributed by atoms with Gasteiger partial charge in [0.25, 0.3) is 0 Å². The van der Waals surface area contributed by atoms with Crippen LogP contribution in [0.25, 0.3) is 5.57 Å². The molecule has 0 spiro atoms. The summed E-state index contributed by atoms with van der Waals surface area (Å²) in [4.78, 5) is 12.4. The molecule has 0 amide bonds. The van der Waals surface area contributed by atoms with Gasteiger partial charge in [-0.2, -0.15) is 0 Å². The highest BCUT2D eigenvalue weighted by Crippen LogP contribution is 2.38. The topological polar surface area (TPSA) is 44.8 Å². The van der Waals surface area contributed by atoms with E-state index in [1.165, 1.54) is 0 Å². The van der Waals surface area contributed by atoms with Crippen molar-refractivity contribution in [1.29, 1.82) is 0 Å². The monoisotopic (exact) mass is 342 g/mol. The summed E-state index contributed by atoms with van der Waals surface area (Å²) in [6.07, 6.45) is 1.21. The quantitative estimate of drug-likeness (QED) is 0.791. The van der Waals surface area contributed by atoms with Crippen molar-refractivity contribution in [2.24, 2.45) is 0 Å². The van der Waals surface area contributed by atoms with Crippen molar-refractivity contribution in [3.63, 3.8) is 0 Å². The molecule has 1 fully saturated rings. The van der Waals surface area contributed by atoms with Gasteiger partial charge in [-0.3, -0.25) is 4.79 Å². The molecule has 5 heteroatoms. The number of hydrogen-bond donors (Lipinski definition) is 0. The van der Waals surface area contributed by atoms with Crippen molar-refractivity contribution < 1.29 is 18.8 Å². The molecule has 134 valence electrons. The van der Waals surface area contributed by atoms with Crippen LogP contribution in [0.1, 0.15) is 57.2 Å². The van der Waals surface area contributed by atoms with E-state index in [2.05, 4.69) is 12.1 Å². The highest BCUT2D eigenvalue weighted by atomic mass is 16.7. The third-order valence-corrected chi connectivity index (χ3v) is 5.71. The maximum Gasteiger partial charge on any atom is 0.494 e. The Bertz CT molecular complexity index is 722. The van der Waals surface area contributed by atoms with E-state index >= 15 is 0 Å². The zero-order valence-electron chi connectivity index (χ0n) is 16.3. The van der Waals surface area contributed by atoms with E-state index in [4.69, 9.17) is 14.0 Å². The van der Waals surface area contributed by atoms with E-state index in [0.29, 0.717) is 12.8 Å². The first-order valence-corrected chi connectivity index (χ1v) is 8.85. The average molecular weight is 342 g/mol. The fourth-order valence-electron chi connectivity index (χ4n) is 3.62. The van der Waals surface area contributed by atoms with Crippen LogP contribution in [0.2, 0.25) is 0 Å². The van der Waals surface area contributed by atoms with Crippen molar-refractivity contribution in [3.8, 4) is 0 Å². The van der Waals surface area contributed by atoms with Crippen molar-refractivity contribution in [1.82, 2.24) is 0 Å². The van der Waals surface area contributed by atoms with Crippen LogP contribution in [0, 0.1) is 13.8 Å². The van der Waals surface area contributed by atoms with E-state index in [0.717, 1.165) is 33.5 Å². The van der Waals surface area contributed by atoms with Crippen LogP contribution in [0.5, 0.6) is 0 Å². The summed E-state index contributed by atoms with van der Waals surface area (Å²) in [6.45, 7) is 12.3. The number of allylic oxidation sites excluding steroid dienone is 2. The van der Waals surface area contributed by atoms with Crippen LogP contribution in [0.4, 0.5) is 0 Å². The van der Waals surface area contributed by atoms with Gasteiger partial charge >= 0.3 is 7.12 Å². The van der Waals surface area contributed by atoms with Crippen LogP contribution in [-0.2, 0) is 18.8 Å². The number of Topliss-reactive ketones (excluding diaryl/α,β-unsaturated/α-hetero) is 1. The molecule has 0 radical (unpaired) electrons. The first kappa shape index (κ1) is 18.2. The molecule has 0 saturated carbocycles. The molecule has 1 aromatic rings. The Morgan fingerprint density at radius 1 is 1.00 bits per heavy atom. The van der Waals surface area contributed by atoms with Crippen molar-refractivity contribution in [2.75, 3.05) is 7.11 Å². The lowest BCUT2D eigenvalue weighted by molar-refractivity contribution is -0.113. The molecular formula is C20H27BO4. The smallest absolute Gasteiger partial charge is 0.494 e. The van der Waals surface area contributed by atoms with Gasteiger partial charge in [0.05, 0.1) is 23.9 Å². The summed E-state index contributed by atoms with van der Waals surface area (Å²) < 4.78 is 17.8. The number of carbonyl (C=O) groups is 1. The van der Waals surface area contributed by atoms with Crippen molar-refractivity contribution >= 4 is 23.9 Å². The molecule has 0 N–H and O–H groups in total. The third kappa shape index (κ3) is 2.94. The predicted molar refractivity (Wildman–Crippen MR) is 99.8 cm³/mol. The zero-order chi connectivity index (χ0) is 18.6. The number of benzene rings is 1. The second kappa shape index (κ2) is 5.99. The minimum atomic E-state index is -0.397. The molecule has 0 bridgehead atoms.